The number of nitrogens with one attached hydrogen (secondary N) is 2. The number of likely N-dealkylation sites (N-methyl/N-ethyl adjacent to an activating group) is 1. The maximum atomic E-state index is 4.33. The molecule has 2 heterocycles. The van der Waals surface area contributed by atoms with Gasteiger partial charge in [-0.05, 0) is 31.5 Å². The fourth-order valence-corrected chi connectivity index (χ4v) is 3.81. The first kappa shape index (κ1) is 24.6. The normalized spacial score (nSPS) is 18.1. The first-order valence-corrected chi connectivity index (χ1v) is 10.7. The zero-order chi connectivity index (χ0) is 20.3. The van der Waals surface area contributed by atoms with Crippen LogP contribution in [0.25, 0.3) is 0 Å². The number of halogens is 1. The maximum Gasteiger partial charge on any atom is 0.190 e. The van der Waals surface area contributed by atoms with E-state index in [4.69, 9.17) is 0 Å². The Morgan fingerprint density at radius 3 is 2.47 bits per heavy atom. The molecule has 2 aromatic rings. The van der Waals surface area contributed by atoms with Gasteiger partial charge in [-0.25, -0.2) is 0 Å². The number of nitrogens with zero attached hydrogens (tertiary/aromatic N) is 5. The number of piperazine rings is 1. The van der Waals surface area contributed by atoms with E-state index < -0.39 is 0 Å². The van der Waals surface area contributed by atoms with E-state index in [2.05, 4.69) is 67.9 Å². The van der Waals surface area contributed by atoms with Crippen LogP contribution in [0.3, 0.4) is 0 Å². The summed E-state index contributed by atoms with van der Waals surface area (Å²) >= 11 is 0. The first-order valence-electron chi connectivity index (χ1n) is 10.7. The third kappa shape index (κ3) is 7.88. The van der Waals surface area contributed by atoms with Crippen LogP contribution < -0.4 is 10.6 Å². The standard InChI is InChI=1S/C22H35N7.HI/c1-23-22(25-12-7-15-29-16-8-13-26-29)24-11-6-14-28-18-17-27(2)19-21(28)20-9-4-3-5-10-20;/h3-5,8-10,13,16,21H,6-7,11-12,14-15,17-19H2,1-2H3,(H2,23,24,25);1H. The Bertz CT molecular complexity index is 720. The Morgan fingerprint density at radius 1 is 1.07 bits per heavy atom. The van der Waals surface area contributed by atoms with E-state index in [1.54, 1.807) is 0 Å². The summed E-state index contributed by atoms with van der Waals surface area (Å²) < 4.78 is 1.96. The van der Waals surface area contributed by atoms with Gasteiger partial charge in [0.2, 0.25) is 0 Å². The van der Waals surface area contributed by atoms with Crippen molar-refractivity contribution in [3.63, 3.8) is 0 Å². The minimum atomic E-state index is 0. The number of aromatic nitrogens is 2. The molecular formula is C22H36IN7. The number of aliphatic imine (C=N–C) groups is 1. The largest absolute Gasteiger partial charge is 0.356 e. The fourth-order valence-electron chi connectivity index (χ4n) is 3.81. The summed E-state index contributed by atoms with van der Waals surface area (Å²) in [7, 11) is 4.05. The first-order chi connectivity index (χ1) is 14.3. The quantitative estimate of drug-likeness (QED) is 0.228. The molecule has 1 unspecified atom stereocenters. The van der Waals surface area contributed by atoms with Crippen molar-refractivity contribution in [3.05, 3.63) is 54.4 Å². The zero-order valence-electron chi connectivity index (χ0n) is 18.2. The molecule has 3 rings (SSSR count). The number of benzene rings is 1. The van der Waals surface area contributed by atoms with Crippen molar-refractivity contribution in [2.24, 2.45) is 4.99 Å². The minimum absolute atomic E-state index is 0. The molecule has 1 aliphatic rings. The minimum Gasteiger partial charge on any atom is -0.356 e. The molecule has 0 bridgehead atoms. The van der Waals surface area contributed by atoms with Crippen LogP contribution in [0.2, 0.25) is 0 Å². The van der Waals surface area contributed by atoms with E-state index in [1.807, 2.05) is 30.2 Å². The summed E-state index contributed by atoms with van der Waals surface area (Å²) in [4.78, 5) is 9.39. The van der Waals surface area contributed by atoms with E-state index in [-0.39, 0.29) is 24.0 Å². The molecule has 1 fully saturated rings. The van der Waals surface area contributed by atoms with Crippen LogP contribution >= 0.6 is 24.0 Å². The summed E-state index contributed by atoms with van der Waals surface area (Å²) in [6.07, 6.45) is 5.92. The second-order valence-corrected chi connectivity index (χ2v) is 7.63. The molecule has 8 heteroatoms. The molecule has 1 aliphatic heterocycles. The average Bonchev–Trinajstić information content (AvgIpc) is 3.27. The van der Waals surface area contributed by atoms with Gasteiger partial charge in [0.05, 0.1) is 0 Å². The van der Waals surface area contributed by atoms with Crippen molar-refractivity contribution in [2.45, 2.75) is 25.4 Å². The van der Waals surface area contributed by atoms with Crippen LogP contribution in [0.1, 0.15) is 24.4 Å². The maximum absolute atomic E-state index is 4.33. The van der Waals surface area contributed by atoms with Gasteiger partial charge in [0, 0.05) is 71.3 Å². The van der Waals surface area contributed by atoms with Crippen LogP contribution in [0.4, 0.5) is 0 Å². The number of hydrogen-bond acceptors (Lipinski definition) is 4. The Balaban J connectivity index is 0.00000320. The molecule has 7 nitrogen and oxygen atoms in total. The fraction of sp³-hybridized carbons (Fsp3) is 0.545. The molecule has 166 valence electrons. The summed E-state index contributed by atoms with van der Waals surface area (Å²) in [5.74, 6) is 0.878. The predicted molar refractivity (Wildman–Crippen MR) is 134 cm³/mol. The van der Waals surface area contributed by atoms with Gasteiger partial charge in [-0.15, -0.1) is 24.0 Å². The molecule has 2 N–H and O–H groups in total. The lowest BCUT2D eigenvalue weighted by atomic mass is 10.0. The third-order valence-corrected chi connectivity index (χ3v) is 5.43. The van der Waals surface area contributed by atoms with Crippen molar-refractivity contribution in [3.8, 4) is 0 Å². The van der Waals surface area contributed by atoms with Gasteiger partial charge in [-0.3, -0.25) is 14.6 Å². The molecule has 1 saturated heterocycles. The van der Waals surface area contributed by atoms with Crippen LogP contribution in [0.5, 0.6) is 0 Å². The topological polar surface area (TPSA) is 60.7 Å². The molecular weight excluding hydrogens is 489 g/mol. The molecule has 0 saturated carbocycles. The number of aryl methyl sites for hydroxylation is 1. The smallest absolute Gasteiger partial charge is 0.190 e. The van der Waals surface area contributed by atoms with Crippen LogP contribution in [-0.2, 0) is 6.54 Å². The predicted octanol–water partition coefficient (Wildman–Crippen LogP) is 2.44. The van der Waals surface area contributed by atoms with Gasteiger partial charge in [-0.2, -0.15) is 5.10 Å². The summed E-state index contributed by atoms with van der Waals surface area (Å²) in [5.41, 5.74) is 1.42. The third-order valence-electron chi connectivity index (χ3n) is 5.43. The van der Waals surface area contributed by atoms with Gasteiger partial charge in [0.25, 0.3) is 0 Å². The molecule has 1 atom stereocenters. The lowest BCUT2D eigenvalue weighted by Gasteiger charge is -2.40. The average molecular weight is 525 g/mol. The summed E-state index contributed by atoms with van der Waals surface area (Å²) in [5, 5.41) is 11.1. The highest BCUT2D eigenvalue weighted by Crippen LogP contribution is 2.24. The van der Waals surface area contributed by atoms with Crippen molar-refractivity contribution in [1.29, 1.82) is 0 Å². The molecule has 0 amide bonds. The van der Waals surface area contributed by atoms with E-state index in [1.165, 1.54) is 5.56 Å². The molecule has 1 aromatic heterocycles. The SMILES string of the molecule is CN=C(NCCCN1CCN(C)CC1c1ccccc1)NCCCn1cccn1.I. The van der Waals surface area contributed by atoms with Crippen molar-refractivity contribution < 1.29 is 0 Å². The second-order valence-electron chi connectivity index (χ2n) is 7.63. The number of guanidine groups is 1. The zero-order valence-corrected chi connectivity index (χ0v) is 20.5. The van der Waals surface area contributed by atoms with Crippen molar-refractivity contribution >= 4 is 29.9 Å². The molecule has 0 spiro atoms. The Labute approximate surface area is 197 Å². The monoisotopic (exact) mass is 525 g/mol. The number of hydrogen-bond donors (Lipinski definition) is 2. The second kappa shape index (κ2) is 13.6. The molecule has 1 aromatic carbocycles. The van der Waals surface area contributed by atoms with Crippen LogP contribution in [-0.4, -0.2) is 78.9 Å². The Hall–Kier alpha value is -1.65. The Morgan fingerprint density at radius 2 is 1.80 bits per heavy atom. The lowest BCUT2D eigenvalue weighted by molar-refractivity contribution is 0.0891. The Kier molecular flexibility index (Phi) is 11.2. The molecule has 0 aliphatic carbocycles. The van der Waals surface area contributed by atoms with Crippen molar-refractivity contribution in [1.82, 2.24) is 30.2 Å². The van der Waals surface area contributed by atoms with Gasteiger partial charge in [0.15, 0.2) is 5.96 Å². The number of rotatable bonds is 9. The van der Waals surface area contributed by atoms with E-state index in [0.717, 1.165) is 64.6 Å². The van der Waals surface area contributed by atoms with Gasteiger partial charge in [0.1, 0.15) is 0 Å². The molecule has 0 radical (unpaired) electrons. The highest BCUT2D eigenvalue weighted by Gasteiger charge is 2.25. The highest BCUT2D eigenvalue weighted by atomic mass is 127. The van der Waals surface area contributed by atoms with Gasteiger partial charge < -0.3 is 15.5 Å². The molecule has 30 heavy (non-hydrogen) atoms. The van der Waals surface area contributed by atoms with Gasteiger partial charge in [-0.1, -0.05) is 30.3 Å². The van der Waals surface area contributed by atoms with Crippen LogP contribution in [0, 0.1) is 0 Å². The van der Waals surface area contributed by atoms with Crippen molar-refractivity contribution in [2.75, 3.05) is 53.4 Å². The van der Waals surface area contributed by atoms with Crippen LogP contribution in [0.15, 0.2) is 53.8 Å². The van der Waals surface area contributed by atoms with E-state index in [9.17, 15) is 0 Å². The van der Waals surface area contributed by atoms with E-state index >= 15 is 0 Å². The van der Waals surface area contributed by atoms with Gasteiger partial charge >= 0.3 is 0 Å². The highest BCUT2D eigenvalue weighted by molar-refractivity contribution is 14.0. The summed E-state index contributed by atoms with van der Waals surface area (Å²) in [6.45, 7) is 7.17. The summed E-state index contributed by atoms with van der Waals surface area (Å²) in [6, 6.07) is 13.3. The van der Waals surface area contributed by atoms with E-state index in [0.29, 0.717) is 6.04 Å². The lowest BCUT2D eigenvalue weighted by Crippen LogP contribution is -2.47.